The molecule has 1 aliphatic carbocycles. The SMILES string of the molecule is C[Si](C)(C)C1(Cc2ccccc2)OC2(CC(Cc3ccccc3)C2)OC1=O. The van der Waals surface area contributed by atoms with E-state index in [0.29, 0.717) is 12.3 Å². The van der Waals surface area contributed by atoms with E-state index in [0.717, 1.165) is 24.8 Å². The molecule has 2 aromatic rings. The van der Waals surface area contributed by atoms with Crippen molar-refractivity contribution in [1.82, 2.24) is 0 Å². The van der Waals surface area contributed by atoms with Gasteiger partial charge < -0.3 is 9.47 Å². The van der Waals surface area contributed by atoms with Crippen LogP contribution in [0.15, 0.2) is 60.7 Å². The van der Waals surface area contributed by atoms with Gasteiger partial charge in [0.1, 0.15) is 0 Å². The van der Waals surface area contributed by atoms with Gasteiger partial charge in [-0.3, -0.25) is 0 Å². The van der Waals surface area contributed by atoms with Crippen LogP contribution in [0, 0.1) is 5.92 Å². The topological polar surface area (TPSA) is 35.5 Å². The summed E-state index contributed by atoms with van der Waals surface area (Å²) in [6, 6.07) is 20.7. The smallest absolute Gasteiger partial charge is 0.337 e. The maximum Gasteiger partial charge on any atom is 0.337 e. The molecule has 0 radical (unpaired) electrons. The van der Waals surface area contributed by atoms with Crippen LogP contribution < -0.4 is 0 Å². The lowest BCUT2D eigenvalue weighted by atomic mass is 9.75. The normalized spacial score (nSPS) is 30.2. The minimum atomic E-state index is -1.98. The molecule has 0 bridgehead atoms. The Morgan fingerprint density at radius 2 is 1.48 bits per heavy atom. The van der Waals surface area contributed by atoms with Gasteiger partial charge in [-0.25, -0.2) is 4.79 Å². The Morgan fingerprint density at radius 1 is 0.926 bits per heavy atom. The summed E-state index contributed by atoms with van der Waals surface area (Å²) in [5, 5.41) is -0.800. The van der Waals surface area contributed by atoms with Crippen molar-refractivity contribution in [3.63, 3.8) is 0 Å². The highest BCUT2D eigenvalue weighted by Crippen LogP contribution is 2.53. The maximum atomic E-state index is 13.1. The quantitative estimate of drug-likeness (QED) is 0.554. The van der Waals surface area contributed by atoms with Gasteiger partial charge in [0.2, 0.25) is 5.79 Å². The van der Waals surface area contributed by atoms with Gasteiger partial charge in [-0.2, -0.15) is 0 Å². The first-order valence-corrected chi connectivity index (χ1v) is 13.3. The zero-order chi connectivity index (χ0) is 19.1. The first-order valence-electron chi connectivity index (χ1n) is 9.83. The number of esters is 1. The van der Waals surface area contributed by atoms with Crippen LogP contribution in [-0.2, 0) is 27.1 Å². The Kier molecular flexibility index (Phi) is 4.51. The average Bonchev–Trinajstić information content (AvgIpc) is 2.90. The van der Waals surface area contributed by atoms with Crippen molar-refractivity contribution in [3.05, 3.63) is 71.8 Å². The highest BCUT2D eigenvalue weighted by molar-refractivity contribution is 6.82. The molecule has 0 N–H and O–H groups in total. The molecule has 1 saturated heterocycles. The third-order valence-corrected chi connectivity index (χ3v) is 8.95. The van der Waals surface area contributed by atoms with Crippen LogP contribution in [0.4, 0.5) is 0 Å². The van der Waals surface area contributed by atoms with Gasteiger partial charge in [0.25, 0.3) is 0 Å². The molecule has 3 nitrogen and oxygen atoms in total. The van der Waals surface area contributed by atoms with Crippen LogP contribution in [0.5, 0.6) is 0 Å². The third-order valence-electron chi connectivity index (χ3n) is 6.04. The molecule has 4 heteroatoms. The summed E-state index contributed by atoms with van der Waals surface area (Å²) in [7, 11) is -1.98. The minimum Gasteiger partial charge on any atom is -0.431 e. The Hall–Kier alpha value is -1.91. The summed E-state index contributed by atoms with van der Waals surface area (Å²) in [5.41, 5.74) is 2.47. The van der Waals surface area contributed by atoms with E-state index in [1.165, 1.54) is 5.56 Å². The second-order valence-electron chi connectivity index (χ2n) is 9.11. The summed E-state index contributed by atoms with van der Waals surface area (Å²) < 4.78 is 12.6. The van der Waals surface area contributed by atoms with E-state index in [4.69, 9.17) is 9.47 Å². The Bertz CT molecular complexity index is 807. The van der Waals surface area contributed by atoms with Crippen LogP contribution in [0.3, 0.4) is 0 Å². The van der Waals surface area contributed by atoms with Gasteiger partial charge in [0, 0.05) is 19.3 Å². The summed E-state index contributed by atoms with van der Waals surface area (Å²) >= 11 is 0. The van der Waals surface area contributed by atoms with Gasteiger partial charge in [-0.15, -0.1) is 0 Å². The largest absolute Gasteiger partial charge is 0.431 e. The Balaban J connectivity index is 1.51. The minimum absolute atomic E-state index is 0.149. The predicted molar refractivity (Wildman–Crippen MR) is 109 cm³/mol. The van der Waals surface area contributed by atoms with E-state index < -0.39 is 19.1 Å². The fourth-order valence-electron chi connectivity index (χ4n) is 4.43. The molecule has 1 aliphatic heterocycles. The monoisotopic (exact) mass is 380 g/mol. The predicted octanol–water partition coefficient (Wildman–Crippen LogP) is 4.77. The van der Waals surface area contributed by atoms with Crippen molar-refractivity contribution in [2.75, 3.05) is 0 Å². The fraction of sp³-hybridized carbons (Fsp3) is 0.435. The number of benzene rings is 2. The number of ether oxygens (including phenoxy) is 2. The fourth-order valence-corrected chi connectivity index (χ4v) is 6.32. The van der Waals surface area contributed by atoms with Crippen molar-refractivity contribution in [1.29, 1.82) is 0 Å². The lowest BCUT2D eigenvalue weighted by Crippen LogP contribution is -2.60. The lowest BCUT2D eigenvalue weighted by Gasteiger charge is -2.45. The van der Waals surface area contributed by atoms with E-state index in [-0.39, 0.29) is 5.97 Å². The molecule has 27 heavy (non-hydrogen) atoms. The molecule has 4 rings (SSSR count). The van der Waals surface area contributed by atoms with Crippen molar-refractivity contribution < 1.29 is 14.3 Å². The molecule has 2 aromatic carbocycles. The zero-order valence-electron chi connectivity index (χ0n) is 16.4. The van der Waals surface area contributed by atoms with Gasteiger partial charge in [-0.1, -0.05) is 80.3 Å². The molecule has 1 atom stereocenters. The van der Waals surface area contributed by atoms with Crippen LogP contribution in [0.1, 0.15) is 24.0 Å². The molecular weight excluding hydrogens is 352 g/mol. The average molecular weight is 381 g/mol. The number of carbonyl (C=O) groups is 1. The lowest BCUT2D eigenvalue weighted by molar-refractivity contribution is -0.242. The molecule has 2 fully saturated rings. The summed E-state index contributed by atoms with van der Waals surface area (Å²) in [5.74, 6) is -0.343. The summed E-state index contributed by atoms with van der Waals surface area (Å²) in [6.45, 7) is 6.61. The molecule has 0 amide bonds. The second kappa shape index (κ2) is 6.61. The highest BCUT2D eigenvalue weighted by atomic mass is 28.3. The van der Waals surface area contributed by atoms with E-state index in [2.05, 4.69) is 56.0 Å². The number of carbonyl (C=O) groups excluding carboxylic acids is 1. The molecule has 2 aliphatic rings. The summed E-state index contributed by atoms with van der Waals surface area (Å²) in [4.78, 5) is 13.1. The second-order valence-corrected chi connectivity index (χ2v) is 14.4. The van der Waals surface area contributed by atoms with Crippen LogP contribution in [-0.4, -0.2) is 25.1 Å². The number of rotatable bonds is 5. The Labute approximate surface area is 162 Å². The first kappa shape index (κ1) is 18.5. The van der Waals surface area contributed by atoms with E-state index in [1.54, 1.807) is 0 Å². The van der Waals surface area contributed by atoms with E-state index >= 15 is 0 Å². The van der Waals surface area contributed by atoms with Crippen molar-refractivity contribution in [2.24, 2.45) is 5.92 Å². The van der Waals surface area contributed by atoms with Crippen LogP contribution in [0.2, 0.25) is 19.6 Å². The molecular formula is C23H28O3Si. The maximum absolute atomic E-state index is 13.1. The van der Waals surface area contributed by atoms with Gasteiger partial charge in [0.15, 0.2) is 5.22 Å². The molecule has 1 unspecified atom stereocenters. The van der Waals surface area contributed by atoms with Crippen molar-refractivity contribution >= 4 is 14.0 Å². The summed E-state index contributed by atoms with van der Waals surface area (Å²) in [6.07, 6.45) is 3.22. The molecule has 142 valence electrons. The van der Waals surface area contributed by atoms with Gasteiger partial charge in [0.05, 0.1) is 8.07 Å². The van der Waals surface area contributed by atoms with E-state index in [9.17, 15) is 4.79 Å². The van der Waals surface area contributed by atoms with Crippen LogP contribution in [0.25, 0.3) is 0 Å². The number of hydrogen-bond acceptors (Lipinski definition) is 3. The van der Waals surface area contributed by atoms with E-state index in [1.807, 2.05) is 24.3 Å². The van der Waals surface area contributed by atoms with Crippen molar-refractivity contribution in [2.45, 2.75) is 56.3 Å². The zero-order valence-corrected chi connectivity index (χ0v) is 17.4. The Morgan fingerprint density at radius 3 is 2.04 bits per heavy atom. The van der Waals surface area contributed by atoms with Gasteiger partial charge >= 0.3 is 5.97 Å². The first-order chi connectivity index (χ1) is 12.8. The molecule has 1 saturated carbocycles. The molecule has 1 heterocycles. The standard InChI is InChI=1S/C23H28O3Si/c1-27(2,3)23(17-19-12-8-5-9-13-19)21(24)25-22(26-23)15-20(16-22)14-18-10-6-4-7-11-18/h4-13,20H,14-17H2,1-3H3. The third kappa shape index (κ3) is 3.37. The van der Waals surface area contributed by atoms with Crippen LogP contribution >= 0.6 is 0 Å². The molecule has 1 spiro atoms. The molecule has 0 aromatic heterocycles. The highest BCUT2D eigenvalue weighted by Gasteiger charge is 2.66. The van der Waals surface area contributed by atoms with Gasteiger partial charge in [-0.05, 0) is 23.5 Å². The number of hydrogen-bond donors (Lipinski definition) is 0. The van der Waals surface area contributed by atoms with Crippen molar-refractivity contribution in [3.8, 4) is 0 Å².